The molecule has 1 aliphatic rings. The van der Waals surface area contributed by atoms with Crippen molar-refractivity contribution >= 4 is 30.3 Å². The molecule has 0 N–H and O–H groups in total. The summed E-state index contributed by atoms with van der Waals surface area (Å²) in [5.41, 5.74) is 0. The Kier molecular flexibility index (Phi) is 4.31. The average Bonchev–Trinajstić information content (AvgIpc) is 2.37. The lowest BCUT2D eigenvalue weighted by Gasteiger charge is -2.25. The van der Waals surface area contributed by atoms with E-state index in [1.807, 2.05) is 0 Å². The van der Waals surface area contributed by atoms with Gasteiger partial charge in [0.15, 0.2) is 11.6 Å². The molecule has 4 nitrogen and oxygen atoms in total. The van der Waals surface area contributed by atoms with Gasteiger partial charge in [-0.25, -0.2) is 9.18 Å². The van der Waals surface area contributed by atoms with Gasteiger partial charge in [0.05, 0.1) is 18.2 Å². The summed E-state index contributed by atoms with van der Waals surface area (Å²) in [5, 5.41) is 0.169. The highest BCUT2D eigenvalue weighted by Crippen LogP contribution is 2.28. The zero-order valence-electron chi connectivity index (χ0n) is 9.36. The van der Waals surface area contributed by atoms with Gasteiger partial charge >= 0.3 is 6.09 Å². The van der Waals surface area contributed by atoms with E-state index in [2.05, 4.69) is 12.6 Å². The zero-order chi connectivity index (χ0) is 13.1. The number of hydrogen-bond acceptors (Lipinski definition) is 4. The molecule has 0 unspecified atom stereocenters. The van der Waals surface area contributed by atoms with Gasteiger partial charge in [0.1, 0.15) is 0 Å². The summed E-state index contributed by atoms with van der Waals surface area (Å²) in [6.07, 6.45) is -0.604. The second-order valence-electron chi connectivity index (χ2n) is 3.70. The minimum atomic E-state index is -0.695. The minimum Gasteiger partial charge on any atom is -0.407 e. The van der Waals surface area contributed by atoms with Crippen molar-refractivity contribution in [3.05, 3.63) is 23.0 Å². The van der Waals surface area contributed by atoms with E-state index in [1.165, 1.54) is 11.0 Å². The number of ether oxygens (including phenoxy) is 2. The summed E-state index contributed by atoms with van der Waals surface area (Å²) >= 11 is 9.73. The first kappa shape index (κ1) is 13.5. The van der Waals surface area contributed by atoms with E-state index >= 15 is 0 Å². The Bertz CT molecular complexity index is 466. The van der Waals surface area contributed by atoms with Crippen molar-refractivity contribution in [3.8, 4) is 5.75 Å². The Morgan fingerprint density at radius 3 is 2.78 bits per heavy atom. The summed E-state index contributed by atoms with van der Waals surface area (Å²) in [6, 6.07) is 2.34. The fourth-order valence-electron chi connectivity index (χ4n) is 1.50. The third kappa shape index (κ3) is 3.07. The first-order chi connectivity index (χ1) is 8.58. The average molecular weight is 292 g/mol. The summed E-state index contributed by atoms with van der Waals surface area (Å²) in [6.45, 7) is 1.77. The van der Waals surface area contributed by atoms with Crippen LogP contribution in [0.15, 0.2) is 17.0 Å². The normalized spacial score (nSPS) is 15.6. The molecule has 2 rings (SSSR count). The quantitative estimate of drug-likeness (QED) is 0.809. The second kappa shape index (κ2) is 5.77. The lowest BCUT2D eigenvalue weighted by atomic mass is 10.3. The molecule has 18 heavy (non-hydrogen) atoms. The van der Waals surface area contributed by atoms with Crippen LogP contribution in [0.4, 0.5) is 9.18 Å². The molecular weight excluding hydrogens is 281 g/mol. The van der Waals surface area contributed by atoms with E-state index < -0.39 is 11.9 Å². The van der Waals surface area contributed by atoms with E-state index in [-0.39, 0.29) is 10.8 Å². The van der Waals surface area contributed by atoms with Crippen LogP contribution in [0.5, 0.6) is 5.75 Å². The molecule has 1 amide bonds. The van der Waals surface area contributed by atoms with Gasteiger partial charge in [-0.05, 0) is 12.1 Å². The molecule has 1 fully saturated rings. The van der Waals surface area contributed by atoms with Crippen molar-refractivity contribution in [1.29, 1.82) is 0 Å². The topological polar surface area (TPSA) is 38.8 Å². The number of amides is 1. The summed E-state index contributed by atoms with van der Waals surface area (Å²) in [7, 11) is 0. The number of halogens is 2. The molecule has 0 radical (unpaired) electrons. The van der Waals surface area contributed by atoms with E-state index in [4.69, 9.17) is 21.1 Å². The number of carbonyl (C=O) groups excluding carboxylic acids is 1. The van der Waals surface area contributed by atoms with E-state index in [9.17, 15) is 9.18 Å². The van der Waals surface area contributed by atoms with Crippen molar-refractivity contribution in [2.45, 2.75) is 4.90 Å². The predicted molar refractivity (Wildman–Crippen MR) is 67.1 cm³/mol. The van der Waals surface area contributed by atoms with E-state index in [1.54, 1.807) is 0 Å². The Hall–Kier alpha value is -0.980. The maximum atomic E-state index is 13.5. The van der Waals surface area contributed by atoms with Gasteiger partial charge in [-0.2, -0.15) is 0 Å². The highest BCUT2D eigenvalue weighted by atomic mass is 35.5. The maximum absolute atomic E-state index is 13.5. The number of thiol groups is 1. The SMILES string of the molecule is O=C(Oc1cc(S)c(Cl)cc1F)N1CCOCC1. The Balaban J connectivity index is 2.08. The van der Waals surface area contributed by atoms with Gasteiger partial charge in [0.2, 0.25) is 0 Å². The second-order valence-corrected chi connectivity index (χ2v) is 4.59. The minimum absolute atomic E-state index is 0.169. The first-order valence-corrected chi connectivity index (χ1v) is 6.13. The van der Waals surface area contributed by atoms with Gasteiger partial charge in [-0.15, -0.1) is 12.6 Å². The van der Waals surface area contributed by atoms with Gasteiger partial charge < -0.3 is 14.4 Å². The number of benzene rings is 1. The molecule has 0 saturated carbocycles. The molecule has 0 spiro atoms. The van der Waals surface area contributed by atoms with Crippen molar-refractivity contribution in [2.75, 3.05) is 26.3 Å². The van der Waals surface area contributed by atoms with Crippen LogP contribution in [0.3, 0.4) is 0 Å². The Morgan fingerprint density at radius 2 is 2.11 bits per heavy atom. The zero-order valence-corrected chi connectivity index (χ0v) is 11.0. The lowest BCUT2D eigenvalue weighted by molar-refractivity contribution is 0.0412. The summed E-state index contributed by atoms with van der Waals surface area (Å²) < 4.78 is 23.6. The standard InChI is InChI=1S/C11H11ClFNO3S/c12-7-5-8(13)9(6-10(7)18)17-11(15)14-1-3-16-4-2-14/h5-6,18H,1-4H2. The molecular formula is C11H11ClFNO3S. The van der Waals surface area contributed by atoms with Crippen molar-refractivity contribution in [2.24, 2.45) is 0 Å². The summed E-state index contributed by atoms with van der Waals surface area (Å²) in [5.74, 6) is -0.875. The fourth-order valence-corrected chi connectivity index (χ4v) is 1.83. The molecule has 98 valence electrons. The smallest absolute Gasteiger partial charge is 0.407 e. The molecule has 0 aromatic heterocycles. The largest absolute Gasteiger partial charge is 0.415 e. The fraction of sp³-hybridized carbons (Fsp3) is 0.364. The number of hydrogen-bond donors (Lipinski definition) is 1. The highest BCUT2D eigenvalue weighted by molar-refractivity contribution is 7.80. The Labute approximate surface area is 114 Å². The van der Waals surface area contributed by atoms with Crippen LogP contribution >= 0.6 is 24.2 Å². The molecule has 1 saturated heterocycles. The van der Waals surface area contributed by atoms with Gasteiger partial charge in [-0.3, -0.25) is 0 Å². The van der Waals surface area contributed by atoms with Crippen LogP contribution in [-0.2, 0) is 4.74 Å². The molecule has 0 bridgehead atoms. The Morgan fingerprint density at radius 1 is 1.44 bits per heavy atom. The van der Waals surface area contributed by atoms with E-state index in [0.29, 0.717) is 31.2 Å². The van der Waals surface area contributed by atoms with Crippen LogP contribution in [0.25, 0.3) is 0 Å². The molecule has 0 atom stereocenters. The maximum Gasteiger partial charge on any atom is 0.415 e. The lowest BCUT2D eigenvalue weighted by Crippen LogP contribution is -2.42. The molecule has 7 heteroatoms. The third-order valence-electron chi connectivity index (χ3n) is 2.47. The van der Waals surface area contributed by atoms with E-state index in [0.717, 1.165) is 6.07 Å². The third-order valence-corrected chi connectivity index (χ3v) is 3.28. The van der Waals surface area contributed by atoms with Crippen LogP contribution in [0.1, 0.15) is 0 Å². The van der Waals surface area contributed by atoms with Crippen molar-refractivity contribution in [3.63, 3.8) is 0 Å². The first-order valence-electron chi connectivity index (χ1n) is 5.30. The van der Waals surface area contributed by atoms with Crippen LogP contribution in [-0.4, -0.2) is 37.3 Å². The number of morpholine rings is 1. The number of carbonyl (C=O) groups is 1. The van der Waals surface area contributed by atoms with Crippen LogP contribution < -0.4 is 4.74 Å². The summed E-state index contributed by atoms with van der Waals surface area (Å²) in [4.78, 5) is 13.5. The van der Waals surface area contributed by atoms with Gasteiger partial charge in [-0.1, -0.05) is 11.6 Å². The molecule has 1 aliphatic heterocycles. The molecule has 1 aromatic carbocycles. The number of rotatable bonds is 1. The monoisotopic (exact) mass is 291 g/mol. The van der Waals surface area contributed by atoms with Gasteiger partial charge in [0, 0.05) is 18.0 Å². The highest BCUT2D eigenvalue weighted by Gasteiger charge is 2.20. The van der Waals surface area contributed by atoms with Gasteiger partial charge in [0.25, 0.3) is 0 Å². The molecule has 1 heterocycles. The van der Waals surface area contributed by atoms with Crippen molar-refractivity contribution < 1.29 is 18.7 Å². The number of nitrogens with zero attached hydrogens (tertiary/aromatic N) is 1. The van der Waals surface area contributed by atoms with Crippen molar-refractivity contribution in [1.82, 2.24) is 4.90 Å². The molecule has 1 aromatic rings. The molecule has 0 aliphatic carbocycles. The van der Waals surface area contributed by atoms with Crippen LogP contribution in [0.2, 0.25) is 5.02 Å². The predicted octanol–water partition coefficient (Wildman–Crippen LogP) is 2.60. The van der Waals surface area contributed by atoms with Crippen LogP contribution in [0, 0.1) is 5.82 Å².